The van der Waals surface area contributed by atoms with Gasteiger partial charge in [-0.2, -0.15) is 0 Å². The Balaban J connectivity index is 1.26. The summed E-state index contributed by atoms with van der Waals surface area (Å²) in [6.07, 6.45) is 0.292. The van der Waals surface area contributed by atoms with E-state index in [1.165, 1.54) is 12.1 Å². The maximum atomic E-state index is 13.0. The summed E-state index contributed by atoms with van der Waals surface area (Å²) in [5.41, 5.74) is 1.22. The topological polar surface area (TPSA) is 106 Å². The Kier molecular flexibility index (Phi) is 6.87. The summed E-state index contributed by atoms with van der Waals surface area (Å²) < 4.78 is 29.4. The molecular weight excluding hydrogens is 419 g/mol. The monoisotopic (exact) mass is 444 g/mol. The van der Waals surface area contributed by atoms with Crippen LogP contribution in [-0.4, -0.2) is 48.6 Å². The average molecular weight is 444 g/mol. The van der Waals surface area contributed by atoms with Crippen LogP contribution >= 0.6 is 0 Å². The lowest BCUT2D eigenvalue weighted by atomic mass is 9.96. The molecule has 8 nitrogen and oxygen atoms in total. The van der Waals surface area contributed by atoms with Crippen molar-refractivity contribution < 1.29 is 33.3 Å². The standard InChI is InChI=1S/C23H25FN2O6/c24-16-4-1-14(2-5-16)11-25-22(28)10-17-6-7-18(21(12-27)32-17)26-23(29)15-3-8-19-20(9-15)31-13-30-19/h1-5,8-9,17-18,21,27H,6-7,10-13H2,(H,25,28)(H,26,29)/t17-,18-,21-/m0/s1. The van der Waals surface area contributed by atoms with Gasteiger partial charge >= 0.3 is 0 Å². The van der Waals surface area contributed by atoms with E-state index in [1.54, 1.807) is 30.3 Å². The molecule has 170 valence electrons. The first-order chi connectivity index (χ1) is 15.5. The first-order valence-electron chi connectivity index (χ1n) is 10.5. The molecule has 3 N–H and O–H groups in total. The van der Waals surface area contributed by atoms with Gasteiger partial charge in [-0.15, -0.1) is 0 Å². The van der Waals surface area contributed by atoms with Crippen molar-refractivity contribution in [3.8, 4) is 11.5 Å². The van der Waals surface area contributed by atoms with Gasteiger partial charge in [0, 0.05) is 12.1 Å². The summed E-state index contributed by atoms with van der Waals surface area (Å²) >= 11 is 0. The number of rotatable bonds is 7. The second kappa shape index (κ2) is 9.97. The number of benzene rings is 2. The van der Waals surface area contributed by atoms with Crippen LogP contribution in [0.2, 0.25) is 0 Å². The zero-order valence-corrected chi connectivity index (χ0v) is 17.4. The predicted octanol–water partition coefficient (Wildman–Crippen LogP) is 1.90. The first kappa shape index (κ1) is 22.0. The fraction of sp³-hybridized carbons (Fsp3) is 0.391. The third-order valence-corrected chi connectivity index (χ3v) is 5.56. The number of carbonyl (C=O) groups is 2. The Morgan fingerprint density at radius 1 is 1.06 bits per heavy atom. The lowest BCUT2D eigenvalue weighted by molar-refractivity contribution is -0.131. The molecule has 2 aliphatic heterocycles. The Hall–Kier alpha value is -3.17. The van der Waals surface area contributed by atoms with Crippen molar-refractivity contribution >= 4 is 11.8 Å². The van der Waals surface area contributed by atoms with E-state index in [0.717, 1.165) is 5.56 Å². The minimum atomic E-state index is -0.614. The van der Waals surface area contributed by atoms with Crippen molar-refractivity contribution in [1.29, 1.82) is 0 Å². The van der Waals surface area contributed by atoms with E-state index < -0.39 is 6.10 Å². The largest absolute Gasteiger partial charge is 0.454 e. The Morgan fingerprint density at radius 3 is 2.62 bits per heavy atom. The molecule has 4 rings (SSSR count). The highest BCUT2D eigenvalue weighted by Gasteiger charge is 2.33. The van der Waals surface area contributed by atoms with Crippen molar-refractivity contribution in [2.24, 2.45) is 0 Å². The summed E-state index contributed by atoms with van der Waals surface area (Å²) in [5, 5.41) is 15.4. The lowest BCUT2D eigenvalue weighted by Gasteiger charge is -2.36. The number of fused-ring (bicyclic) bond motifs is 1. The zero-order valence-electron chi connectivity index (χ0n) is 17.4. The minimum Gasteiger partial charge on any atom is -0.454 e. The first-order valence-corrected chi connectivity index (χ1v) is 10.5. The van der Waals surface area contributed by atoms with Gasteiger partial charge in [-0.1, -0.05) is 12.1 Å². The quantitative estimate of drug-likeness (QED) is 0.602. The zero-order chi connectivity index (χ0) is 22.5. The van der Waals surface area contributed by atoms with Crippen LogP contribution < -0.4 is 20.1 Å². The Morgan fingerprint density at radius 2 is 1.84 bits per heavy atom. The normalized spacial score (nSPS) is 21.8. The van der Waals surface area contributed by atoms with E-state index in [4.69, 9.17) is 14.2 Å². The summed E-state index contributed by atoms with van der Waals surface area (Å²) in [4.78, 5) is 24.9. The van der Waals surface area contributed by atoms with Crippen molar-refractivity contribution in [3.05, 3.63) is 59.4 Å². The molecule has 3 atom stereocenters. The molecule has 2 aromatic rings. The maximum absolute atomic E-state index is 13.0. The summed E-state index contributed by atoms with van der Waals surface area (Å²) in [6, 6.07) is 10.5. The Bertz CT molecular complexity index is 967. The number of ether oxygens (including phenoxy) is 3. The molecule has 0 aromatic heterocycles. The molecule has 2 heterocycles. The third kappa shape index (κ3) is 5.35. The molecule has 0 aliphatic carbocycles. The molecule has 1 saturated heterocycles. The van der Waals surface area contributed by atoms with Crippen molar-refractivity contribution in [1.82, 2.24) is 10.6 Å². The molecular formula is C23H25FN2O6. The molecule has 9 heteroatoms. The van der Waals surface area contributed by atoms with Crippen molar-refractivity contribution in [2.75, 3.05) is 13.4 Å². The second-order valence-electron chi connectivity index (χ2n) is 7.81. The highest BCUT2D eigenvalue weighted by Crippen LogP contribution is 2.32. The van der Waals surface area contributed by atoms with Gasteiger partial charge in [0.05, 0.1) is 25.2 Å². The van der Waals surface area contributed by atoms with Crippen molar-refractivity contribution in [3.63, 3.8) is 0 Å². The fourth-order valence-corrected chi connectivity index (χ4v) is 3.82. The molecule has 1 fully saturated rings. The van der Waals surface area contributed by atoms with Gasteiger partial charge < -0.3 is 30.0 Å². The van der Waals surface area contributed by atoms with Gasteiger partial charge in [-0.05, 0) is 48.7 Å². The average Bonchev–Trinajstić information content (AvgIpc) is 3.27. The number of hydrogen-bond donors (Lipinski definition) is 3. The van der Waals surface area contributed by atoms with E-state index in [0.29, 0.717) is 36.4 Å². The smallest absolute Gasteiger partial charge is 0.251 e. The van der Waals surface area contributed by atoms with Gasteiger partial charge in [0.25, 0.3) is 5.91 Å². The molecule has 0 spiro atoms. The third-order valence-electron chi connectivity index (χ3n) is 5.56. The molecule has 2 amide bonds. The molecule has 2 aromatic carbocycles. The Labute approximate surface area is 184 Å². The van der Waals surface area contributed by atoms with Gasteiger partial charge in [-0.25, -0.2) is 4.39 Å². The molecule has 2 aliphatic rings. The summed E-state index contributed by atoms with van der Waals surface area (Å²) in [7, 11) is 0. The SMILES string of the molecule is O=C(C[C@@H]1CC[C@H](NC(=O)c2ccc3c(c2)OCO3)[C@H](CO)O1)NCc1ccc(F)cc1. The van der Waals surface area contributed by atoms with E-state index >= 15 is 0 Å². The van der Waals surface area contributed by atoms with Crippen LogP contribution in [0.4, 0.5) is 4.39 Å². The van der Waals surface area contributed by atoms with E-state index in [2.05, 4.69) is 10.6 Å². The van der Waals surface area contributed by atoms with Crippen LogP contribution in [0.15, 0.2) is 42.5 Å². The van der Waals surface area contributed by atoms with Crippen LogP contribution in [-0.2, 0) is 16.1 Å². The van der Waals surface area contributed by atoms with Crippen LogP contribution in [0.5, 0.6) is 11.5 Å². The van der Waals surface area contributed by atoms with Crippen LogP contribution in [0, 0.1) is 5.82 Å². The van der Waals surface area contributed by atoms with Gasteiger partial charge in [0.15, 0.2) is 11.5 Å². The second-order valence-corrected chi connectivity index (χ2v) is 7.81. The molecule has 0 bridgehead atoms. The van der Waals surface area contributed by atoms with Gasteiger partial charge in [-0.3, -0.25) is 9.59 Å². The van der Waals surface area contributed by atoms with E-state index in [9.17, 15) is 19.1 Å². The van der Waals surface area contributed by atoms with E-state index in [1.807, 2.05) is 0 Å². The van der Waals surface area contributed by atoms with Crippen LogP contribution in [0.25, 0.3) is 0 Å². The van der Waals surface area contributed by atoms with Crippen LogP contribution in [0.3, 0.4) is 0 Å². The lowest BCUT2D eigenvalue weighted by Crippen LogP contribution is -2.51. The van der Waals surface area contributed by atoms with E-state index in [-0.39, 0.29) is 49.6 Å². The number of carbonyl (C=O) groups excluding carboxylic acids is 2. The summed E-state index contributed by atoms with van der Waals surface area (Å²) in [5.74, 6) is 0.287. The molecule has 0 unspecified atom stereocenters. The predicted molar refractivity (Wildman–Crippen MR) is 112 cm³/mol. The van der Waals surface area contributed by atoms with Gasteiger partial charge in [0.2, 0.25) is 12.7 Å². The number of halogens is 1. The number of aliphatic hydroxyl groups excluding tert-OH is 1. The number of nitrogens with one attached hydrogen (secondary N) is 2. The summed E-state index contributed by atoms with van der Waals surface area (Å²) in [6.45, 7) is 0.144. The highest BCUT2D eigenvalue weighted by atomic mass is 19.1. The fourth-order valence-electron chi connectivity index (χ4n) is 3.82. The number of amides is 2. The van der Waals surface area contributed by atoms with Gasteiger partial charge in [0.1, 0.15) is 11.9 Å². The molecule has 0 radical (unpaired) electrons. The molecule has 0 saturated carbocycles. The number of hydrogen-bond acceptors (Lipinski definition) is 6. The van der Waals surface area contributed by atoms with Crippen LogP contribution in [0.1, 0.15) is 35.2 Å². The van der Waals surface area contributed by atoms with Crippen molar-refractivity contribution in [2.45, 2.75) is 44.1 Å². The maximum Gasteiger partial charge on any atom is 0.251 e. The minimum absolute atomic E-state index is 0.127. The number of aliphatic hydroxyl groups is 1. The molecule has 32 heavy (non-hydrogen) atoms. The highest BCUT2D eigenvalue weighted by molar-refractivity contribution is 5.95.